The average Bonchev–Trinajstić information content (AvgIpc) is 2.88. The second-order valence-electron chi connectivity index (χ2n) is 7.74. The second kappa shape index (κ2) is 11.6. The summed E-state index contributed by atoms with van der Waals surface area (Å²) in [5.74, 6) is 0.209. The van der Waals surface area contributed by atoms with Gasteiger partial charge in [0.2, 0.25) is 0 Å². The standard InChI is InChI=1S/C26H23ClFN3O4S/c1-34-11-10-29-24(32)16-7-9-21-23(12-16)30-26(36-15-17-6-8-18(28)13-22(17)27)31(25(21)33)19-4-3-5-20(14-19)35-2/h3-9,12-14H,10-11,15H2,1-2H3,(H,29,32). The van der Waals surface area contributed by atoms with Crippen molar-refractivity contribution < 1.29 is 18.7 Å². The summed E-state index contributed by atoms with van der Waals surface area (Å²) in [4.78, 5) is 30.9. The van der Waals surface area contributed by atoms with Crippen LogP contribution in [0.5, 0.6) is 5.75 Å². The zero-order valence-corrected chi connectivity index (χ0v) is 21.2. The van der Waals surface area contributed by atoms with Gasteiger partial charge in [-0.2, -0.15) is 0 Å². The number of nitrogens with zero attached hydrogens (tertiary/aromatic N) is 2. The van der Waals surface area contributed by atoms with Crippen LogP contribution in [0.3, 0.4) is 0 Å². The monoisotopic (exact) mass is 527 g/mol. The lowest BCUT2D eigenvalue weighted by atomic mass is 10.1. The summed E-state index contributed by atoms with van der Waals surface area (Å²) in [5.41, 5.74) is 1.73. The van der Waals surface area contributed by atoms with Gasteiger partial charge in [-0.3, -0.25) is 14.2 Å². The molecular weight excluding hydrogens is 505 g/mol. The molecule has 186 valence electrons. The highest BCUT2D eigenvalue weighted by Gasteiger charge is 2.17. The Morgan fingerprint density at radius 2 is 1.97 bits per heavy atom. The predicted octanol–water partition coefficient (Wildman–Crippen LogP) is 4.86. The first kappa shape index (κ1) is 25.7. The van der Waals surface area contributed by atoms with Crippen molar-refractivity contribution in [3.05, 3.63) is 93.0 Å². The number of aromatic nitrogens is 2. The Labute approximate surface area is 216 Å². The fraction of sp³-hybridized carbons (Fsp3) is 0.192. The van der Waals surface area contributed by atoms with E-state index in [1.165, 1.54) is 28.5 Å². The maximum absolute atomic E-state index is 13.6. The molecule has 0 atom stereocenters. The van der Waals surface area contributed by atoms with Gasteiger partial charge in [0.1, 0.15) is 11.6 Å². The van der Waals surface area contributed by atoms with Gasteiger partial charge in [0.05, 0.1) is 30.3 Å². The fourth-order valence-corrected chi connectivity index (χ4v) is 4.86. The number of methoxy groups -OCH3 is 2. The van der Waals surface area contributed by atoms with E-state index >= 15 is 0 Å². The van der Waals surface area contributed by atoms with E-state index in [2.05, 4.69) is 5.32 Å². The van der Waals surface area contributed by atoms with Crippen molar-refractivity contribution in [1.29, 1.82) is 0 Å². The van der Waals surface area contributed by atoms with E-state index in [1.807, 2.05) is 0 Å². The molecule has 0 radical (unpaired) electrons. The summed E-state index contributed by atoms with van der Waals surface area (Å²) in [5, 5.41) is 3.79. The van der Waals surface area contributed by atoms with Crippen molar-refractivity contribution >= 4 is 40.2 Å². The van der Waals surface area contributed by atoms with E-state index in [0.29, 0.717) is 57.5 Å². The molecule has 7 nitrogen and oxygen atoms in total. The van der Waals surface area contributed by atoms with Crippen LogP contribution in [-0.4, -0.2) is 42.8 Å². The smallest absolute Gasteiger partial charge is 0.266 e. The third kappa shape index (κ3) is 5.70. The summed E-state index contributed by atoms with van der Waals surface area (Å²) in [6.45, 7) is 0.743. The Balaban J connectivity index is 1.80. The molecule has 0 unspecified atom stereocenters. The zero-order valence-electron chi connectivity index (χ0n) is 19.6. The lowest BCUT2D eigenvalue weighted by Crippen LogP contribution is -2.27. The SMILES string of the molecule is COCCNC(=O)c1ccc2c(=O)n(-c3cccc(OC)c3)c(SCc3ccc(F)cc3Cl)nc2c1. The number of hydrogen-bond acceptors (Lipinski definition) is 6. The second-order valence-corrected chi connectivity index (χ2v) is 9.09. The maximum Gasteiger partial charge on any atom is 0.266 e. The average molecular weight is 528 g/mol. The van der Waals surface area contributed by atoms with E-state index in [0.717, 1.165) is 0 Å². The van der Waals surface area contributed by atoms with Crippen LogP contribution in [0.2, 0.25) is 5.02 Å². The van der Waals surface area contributed by atoms with Crippen molar-refractivity contribution in [3.8, 4) is 11.4 Å². The Morgan fingerprint density at radius 3 is 2.72 bits per heavy atom. The lowest BCUT2D eigenvalue weighted by Gasteiger charge is -2.15. The number of nitrogens with one attached hydrogen (secondary N) is 1. The van der Waals surface area contributed by atoms with E-state index in [-0.39, 0.29) is 16.5 Å². The van der Waals surface area contributed by atoms with Gasteiger partial charge >= 0.3 is 0 Å². The third-order valence-electron chi connectivity index (χ3n) is 5.38. The van der Waals surface area contributed by atoms with Crippen molar-refractivity contribution in [1.82, 2.24) is 14.9 Å². The highest BCUT2D eigenvalue weighted by atomic mass is 35.5. The first-order valence-electron chi connectivity index (χ1n) is 11.0. The summed E-state index contributed by atoms with van der Waals surface area (Å²) in [6, 6.07) is 16.0. The highest BCUT2D eigenvalue weighted by Crippen LogP contribution is 2.29. The van der Waals surface area contributed by atoms with Gasteiger partial charge in [-0.25, -0.2) is 9.37 Å². The van der Waals surface area contributed by atoms with Crippen LogP contribution in [0.4, 0.5) is 4.39 Å². The van der Waals surface area contributed by atoms with Crippen LogP contribution in [0.15, 0.2) is 70.6 Å². The number of carbonyl (C=O) groups excluding carboxylic acids is 1. The number of ether oxygens (including phenoxy) is 2. The largest absolute Gasteiger partial charge is 0.497 e. The van der Waals surface area contributed by atoms with Crippen molar-refractivity contribution in [2.75, 3.05) is 27.4 Å². The number of halogens is 2. The molecule has 1 heterocycles. The molecule has 0 aliphatic carbocycles. The molecule has 10 heteroatoms. The minimum absolute atomic E-state index is 0.286. The molecule has 0 aliphatic rings. The zero-order chi connectivity index (χ0) is 25.7. The summed E-state index contributed by atoms with van der Waals surface area (Å²) < 4.78 is 25.3. The first-order valence-corrected chi connectivity index (χ1v) is 12.3. The van der Waals surface area contributed by atoms with Crippen molar-refractivity contribution in [2.45, 2.75) is 10.9 Å². The van der Waals surface area contributed by atoms with Crippen LogP contribution in [-0.2, 0) is 10.5 Å². The Morgan fingerprint density at radius 1 is 1.14 bits per heavy atom. The lowest BCUT2D eigenvalue weighted by molar-refractivity contribution is 0.0937. The molecule has 36 heavy (non-hydrogen) atoms. The molecule has 4 aromatic rings. The van der Waals surface area contributed by atoms with E-state index in [4.69, 9.17) is 26.1 Å². The van der Waals surface area contributed by atoms with E-state index < -0.39 is 5.82 Å². The normalized spacial score (nSPS) is 11.0. The van der Waals surface area contributed by atoms with Crippen LogP contribution in [0.1, 0.15) is 15.9 Å². The Kier molecular flexibility index (Phi) is 8.25. The van der Waals surface area contributed by atoms with Gasteiger partial charge in [-0.15, -0.1) is 0 Å². The number of fused-ring (bicyclic) bond motifs is 1. The number of amides is 1. The quantitative estimate of drug-likeness (QED) is 0.190. The van der Waals surface area contributed by atoms with Gasteiger partial charge in [0, 0.05) is 36.1 Å². The molecule has 1 aromatic heterocycles. The molecular formula is C26H23ClFN3O4S. The Bertz CT molecular complexity index is 1480. The third-order valence-corrected chi connectivity index (χ3v) is 6.72. The minimum atomic E-state index is -0.429. The number of benzene rings is 3. The van der Waals surface area contributed by atoms with Gasteiger partial charge in [0.25, 0.3) is 11.5 Å². The number of carbonyl (C=O) groups is 1. The topological polar surface area (TPSA) is 82.5 Å². The molecule has 0 fully saturated rings. The van der Waals surface area contributed by atoms with E-state index in [9.17, 15) is 14.0 Å². The molecule has 0 saturated carbocycles. The first-order chi connectivity index (χ1) is 17.4. The van der Waals surface area contributed by atoms with Crippen LogP contribution in [0.25, 0.3) is 16.6 Å². The van der Waals surface area contributed by atoms with Gasteiger partial charge in [-0.1, -0.05) is 35.5 Å². The van der Waals surface area contributed by atoms with Gasteiger partial charge in [0.15, 0.2) is 5.16 Å². The number of thioether (sulfide) groups is 1. The molecule has 0 saturated heterocycles. The molecule has 0 bridgehead atoms. The van der Waals surface area contributed by atoms with Crippen molar-refractivity contribution in [3.63, 3.8) is 0 Å². The molecule has 1 N–H and O–H groups in total. The van der Waals surface area contributed by atoms with Crippen LogP contribution in [0, 0.1) is 5.82 Å². The number of hydrogen-bond donors (Lipinski definition) is 1. The minimum Gasteiger partial charge on any atom is -0.497 e. The molecule has 4 rings (SSSR count). The van der Waals surface area contributed by atoms with Gasteiger partial charge < -0.3 is 14.8 Å². The number of rotatable bonds is 9. The van der Waals surface area contributed by atoms with Gasteiger partial charge in [-0.05, 0) is 48.0 Å². The van der Waals surface area contributed by atoms with Crippen LogP contribution >= 0.6 is 23.4 Å². The molecule has 3 aromatic carbocycles. The van der Waals surface area contributed by atoms with E-state index in [1.54, 1.807) is 62.8 Å². The summed E-state index contributed by atoms with van der Waals surface area (Å²) in [6.07, 6.45) is 0. The van der Waals surface area contributed by atoms with Crippen LogP contribution < -0.4 is 15.6 Å². The summed E-state index contributed by atoms with van der Waals surface area (Å²) >= 11 is 7.49. The highest BCUT2D eigenvalue weighted by molar-refractivity contribution is 7.98. The fourth-order valence-electron chi connectivity index (χ4n) is 3.53. The maximum atomic E-state index is 13.6. The molecule has 0 aliphatic heterocycles. The summed E-state index contributed by atoms with van der Waals surface area (Å²) in [7, 11) is 3.10. The molecule has 1 amide bonds. The molecule has 0 spiro atoms. The van der Waals surface area contributed by atoms with Crippen molar-refractivity contribution in [2.24, 2.45) is 0 Å². The predicted molar refractivity (Wildman–Crippen MR) is 139 cm³/mol. The Hall–Kier alpha value is -3.40.